The van der Waals surface area contributed by atoms with E-state index < -0.39 is 5.91 Å². The average Bonchev–Trinajstić information content (AvgIpc) is 3.84. The van der Waals surface area contributed by atoms with Crippen LogP contribution in [0.15, 0.2) is 110 Å². The van der Waals surface area contributed by atoms with Crippen LogP contribution in [-0.4, -0.2) is 68.2 Å². The van der Waals surface area contributed by atoms with Gasteiger partial charge >= 0.3 is 11.9 Å². The average molecular weight is 743 g/mol. The van der Waals surface area contributed by atoms with Crippen LogP contribution < -0.4 is 16.0 Å². The molecule has 0 bridgehead atoms. The van der Waals surface area contributed by atoms with E-state index in [1.54, 1.807) is 18.6 Å². The Labute approximate surface area is 320 Å². The van der Waals surface area contributed by atoms with Crippen LogP contribution in [-0.2, 0) is 43.5 Å². The molecule has 13 nitrogen and oxygen atoms in total. The molecule has 55 heavy (non-hydrogen) atoms. The highest BCUT2D eigenvalue weighted by Crippen LogP contribution is 2.30. The van der Waals surface area contributed by atoms with Crippen LogP contribution in [0.4, 0.5) is 5.69 Å². The Morgan fingerprint density at radius 1 is 0.800 bits per heavy atom. The molecule has 13 heteroatoms. The van der Waals surface area contributed by atoms with Gasteiger partial charge < -0.3 is 34.6 Å². The first-order chi connectivity index (χ1) is 26.7. The van der Waals surface area contributed by atoms with Crippen molar-refractivity contribution in [1.29, 1.82) is 0 Å². The van der Waals surface area contributed by atoms with Crippen LogP contribution in [0.3, 0.4) is 0 Å². The lowest BCUT2D eigenvalue weighted by atomic mass is 10.0. The van der Waals surface area contributed by atoms with E-state index in [2.05, 4.69) is 54.8 Å². The first-order valence-electron chi connectivity index (χ1n) is 18.3. The lowest BCUT2D eigenvalue weighted by Crippen LogP contribution is -2.31. The number of nitrogens with two attached hydrogens (primary N) is 1. The van der Waals surface area contributed by atoms with Gasteiger partial charge in [-0.05, 0) is 77.2 Å². The number of anilines is 1. The summed E-state index contributed by atoms with van der Waals surface area (Å²) in [5.41, 5.74) is 13.5. The maximum absolute atomic E-state index is 12.3. The number of benzene rings is 3. The molecule has 1 atom stereocenters. The van der Waals surface area contributed by atoms with Crippen molar-refractivity contribution in [3.8, 4) is 22.5 Å². The third-order valence-corrected chi connectivity index (χ3v) is 9.28. The van der Waals surface area contributed by atoms with E-state index in [1.165, 1.54) is 13.8 Å². The van der Waals surface area contributed by atoms with Gasteiger partial charge in [-0.15, -0.1) is 0 Å². The Morgan fingerprint density at radius 2 is 1.47 bits per heavy atom. The number of carbonyl (C=O) groups excluding carboxylic acids is 3. The van der Waals surface area contributed by atoms with E-state index in [0.717, 1.165) is 63.3 Å². The predicted molar refractivity (Wildman–Crippen MR) is 211 cm³/mol. The summed E-state index contributed by atoms with van der Waals surface area (Å²) in [7, 11) is 0. The van der Waals surface area contributed by atoms with Crippen molar-refractivity contribution in [2.45, 2.75) is 52.4 Å². The van der Waals surface area contributed by atoms with Gasteiger partial charge in [0.1, 0.15) is 19.0 Å². The lowest BCUT2D eigenvalue weighted by molar-refractivity contribution is -0.141. The Kier molecular flexibility index (Phi) is 13.0. The largest absolute Gasteiger partial charge is 0.464 e. The number of aromatic nitrogens is 5. The van der Waals surface area contributed by atoms with Crippen molar-refractivity contribution in [3.63, 3.8) is 0 Å². The monoisotopic (exact) mass is 742 g/mol. The second-order valence-electron chi connectivity index (χ2n) is 13.2. The molecule has 0 fully saturated rings. The number of esters is 2. The zero-order chi connectivity index (χ0) is 38.6. The molecular weight excluding hydrogens is 697 g/mol. The van der Waals surface area contributed by atoms with Gasteiger partial charge in [-0.25, -0.2) is 9.97 Å². The predicted octanol–water partition coefficient (Wildman–Crippen LogP) is 5.69. The van der Waals surface area contributed by atoms with E-state index >= 15 is 0 Å². The standard InChI is InChI=1S/C42H46N8O5/c1-30(51)54-24-22-49(23-25-55-31(2)52)37-11-8-35(9-12-37)42-47-39-26-36(10-13-40(39)50(42)20-3-19-48-21-18-45-29-48)38(27-41(43)53)46-28-32-4-6-33(7-5-32)34-14-16-44-17-15-34/h4-18,21,26,29,38,46H,3,19-20,22-25,27-28H2,1-2H3,(H2,43,53). The van der Waals surface area contributed by atoms with Crippen LogP contribution in [0.2, 0.25) is 0 Å². The van der Waals surface area contributed by atoms with Crippen molar-refractivity contribution < 1.29 is 23.9 Å². The van der Waals surface area contributed by atoms with Gasteiger partial charge in [0.15, 0.2) is 0 Å². The summed E-state index contributed by atoms with van der Waals surface area (Å²) in [6, 6.07) is 26.1. The summed E-state index contributed by atoms with van der Waals surface area (Å²) in [4.78, 5) is 50.5. The molecule has 6 aromatic rings. The van der Waals surface area contributed by atoms with E-state index in [4.69, 9.17) is 20.2 Å². The van der Waals surface area contributed by atoms with Crippen LogP contribution >= 0.6 is 0 Å². The van der Waals surface area contributed by atoms with Gasteiger partial charge in [-0.1, -0.05) is 30.3 Å². The SMILES string of the molecule is CC(=O)OCCN(CCOC(C)=O)c1ccc(-c2nc3cc(C(CC(N)=O)NCc4ccc(-c5ccncc5)cc4)ccc3n2CCCn2ccnc2)cc1. The molecule has 0 spiro atoms. The van der Waals surface area contributed by atoms with E-state index in [0.29, 0.717) is 26.2 Å². The highest BCUT2D eigenvalue weighted by Gasteiger charge is 2.19. The third kappa shape index (κ3) is 10.6. The first-order valence-corrected chi connectivity index (χ1v) is 18.3. The van der Waals surface area contributed by atoms with Crippen LogP contribution in [0.25, 0.3) is 33.5 Å². The number of hydrogen-bond acceptors (Lipinski definition) is 10. The van der Waals surface area contributed by atoms with Crippen LogP contribution in [0.1, 0.15) is 43.9 Å². The molecule has 0 aliphatic rings. The molecule has 3 N–H and O–H groups in total. The molecule has 0 saturated heterocycles. The number of fused-ring (bicyclic) bond motifs is 1. The highest BCUT2D eigenvalue weighted by atomic mass is 16.5. The minimum atomic E-state index is -0.397. The summed E-state index contributed by atoms with van der Waals surface area (Å²) in [5, 5.41) is 3.55. The minimum Gasteiger partial charge on any atom is -0.464 e. The number of imidazole rings is 2. The number of nitrogens with zero attached hydrogens (tertiary/aromatic N) is 6. The molecular formula is C42H46N8O5. The minimum absolute atomic E-state index is 0.131. The van der Waals surface area contributed by atoms with Crippen molar-refractivity contribution in [2.24, 2.45) is 5.73 Å². The third-order valence-electron chi connectivity index (χ3n) is 9.28. The molecule has 0 aliphatic carbocycles. The second kappa shape index (κ2) is 18.6. The number of primary amides is 1. The number of pyridine rings is 1. The van der Waals surface area contributed by atoms with Crippen LogP contribution in [0, 0.1) is 0 Å². The maximum atomic E-state index is 12.3. The van der Waals surface area contributed by atoms with Gasteiger partial charge in [0.2, 0.25) is 5.91 Å². The molecule has 6 rings (SSSR count). The Hall–Kier alpha value is -6.34. The van der Waals surface area contributed by atoms with Crippen molar-refractivity contribution in [3.05, 3.63) is 121 Å². The number of amides is 1. The summed E-state index contributed by atoms with van der Waals surface area (Å²) in [6.45, 7) is 6.09. The van der Waals surface area contributed by atoms with Crippen molar-refractivity contribution in [1.82, 2.24) is 29.4 Å². The van der Waals surface area contributed by atoms with Gasteiger partial charge in [0, 0.05) is 82.0 Å². The van der Waals surface area contributed by atoms with Gasteiger partial charge in [0.05, 0.1) is 30.5 Å². The van der Waals surface area contributed by atoms with Gasteiger partial charge in [0.25, 0.3) is 0 Å². The quantitative estimate of drug-likeness (QED) is 0.0988. The maximum Gasteiger partial charge on any atom is 0.302 e. The topological polar surface area (TPSA) is 159 Å². The molecule has 1 unspecified atom stereocenters. The first kappa shape index (κ1) is 38.4. The van der Waals surface area contributed by atoms with Gasteiger partial charge in [-0.3, -0.25) is 19.4 Å². The fourth-order valence-electron chi connectivity index (χ4n) is 6.54. The summed E-state index contributed by atoms with van der Waals surface area (Å²) >= 11 is 0. The fraction of sp³-hybridized carbons (Fsp3) is 0.286. The molecule has 0 saturated carbocycles. The number of ether oxygens (including phenoxy) is 2. The highest BCUT2D eigenvalue weighted by molar-refractivity contribution is 5.82. The number of hydrogen-bond donors (Lipinski definition) is 2. The molecule has 0 aliphatic heterocycles. The van der Waals surface area contributed by atoms with E-state index in [9.17, 15) is 14.4 Å². The Morgan fingerprint density at radius 3 is 2.11 bits per heavy atom. The van der Waals surface area contributed by atoms with E-state index in [-0.39, 0.29) is 37.6 Å². The molecule has 1 amide bonds. The number of rotatable bonds is 19. The summed E-state index contributed by atoms with van der Waals surface area (Å²) < 4.78 is 14.7. The second-order valence-corrected chi connectivity index (χ2v) is 13.2. The molecule has 3 aromatic heterocycles. The lowest BCUT2D eigenvalue weighted by Gasteiger charge is -2.24. The zero-order valence-electron chi connectivity index (χ0n) is 31.1. The normalized spacial score (nSPS) is 11.7. The summed E-state index contributed by atoms with van der Waals surface area (Å²) in [6.07, 6.45) is 10.1. The Balaban J connectivity index is 1.25. The Bertz CT molecular complexity index is 2150. The number of nitrogens with one attached hydrogen (secondary N) is 1. The van der Waals surface area contributed by atoms with Gasteiger partial charge in [-0.2, -0.15) is 0 Å². The molecule has 284 valence electrons. The number of carbonyl (C=O) groups is 3. The summed E-state index contributed by atoms with van der Waals surface area (Å²) in [5.74, 6) is -0.293. The smallest absolute Gasteiger partial charge is 0.302 e. The molecule has 0 radical (unpaired) electrons. The number of aryl methyl sites for hydroxylation is 2. The fourth-order valence-corrected chi connectivity index (χ4v) is 6.54. The van der Waals surface area contributed by atoms with Crippen molar-refractivity contribution in [2.75, 3.05) is 31.2 Å². The zero-order valence-corrected chi connectivity index (χ0v) is 31.1. The van der Waals surface area contributed by atoms with E-state index in [1.807, 2.05) is 66.0 Å². The molecule has 3 heterocycles. The molecule has 3 aromatic carbocycles. The van der Waals surface area contributed by atoms with Crippen molar-refractivity contribution >= 4 is 34.6 Å². The van der Waals surface area contributed by atoms with Crippen LogP contribution in [0.5, 0.6) is 0 Å².